The van der Waals surface area contributed by atoms with Crippen molar-refractivity contribution in [1.82, 2.24) is 9.88 Å². The maximum Gasteiger partial charge on any atom is 0.252 e. The summed E-state index contributed by atoms with van der Waals surface area (Å²) in [6.07, 6.45) is 2.51. The van der Waals surface area contributed by atoms with Crippen molar-refractivity contribution < 1.29 is 9.53 Å². The number of carbonyl (C=O) groups excluding carboxylic acids is 1. The van der Waals surface area contributed by atoms with Crippen molar-refractivity contribution in [1.29, 1.82) is 0 Å². The second-order valence-electron chi connectivity index (χ2n) is 8.65. The van der Waals surface area contributed by atoms with Crippen LogP contribution in [0.3, 0.4) is 0 Å². The number of hydrogen-bond acceptors (Lipinski definition) is 6. The Bertz CT molecular complexity index is 1220. The molecule has 1 saturated heterocycles. The minimum Gasteiger partial charge on any atom is -0.495 e. The summed E-state index contributed by atoms with van der Waals surface area (Å²) >= 11 is 12.6. The van der Waals surface area contributed by atoms with Crippen LogP contribution in [0, 0.1) is 0 Å². The number of primary amides is 1. The SMILES string of the molecule is COc1cc2ncc(C(N)=O)c(Nc3cccc(Cl)c3Cl)c2cc1N1CCCN(C(C)C)CC1. The molecule has 3 aromatic rings. The van der Waals surface area contributed by atoms with Crippen LogP contribution in [0.15, 0.2) is 36.5 Å². The van der Waals surface area contributed by atoms with Gasteiger partial charge in [-0.2, -0.15) is 0 Å². The second-order valence-corrected chi connectivity index (χ2v) is 9.43. The molecule has 0 spiro atoms. The van der Waals surface area contributed by atoms with Gasteiger partial charge < -0.3 is 20.7 Å². The van der Waals surface area contributed by atoms with E-state index in [-0.39, 0.29) is 5.56 Å². The average molecular weight is 502 g/mol. The summed E-state index contributed by atoms with van der Waals surface area (Å²) in [6.45, 7) is 8.23. The first kappa shape index (κ1) is 24.4. The number of carbonyl (C=O) groups is 1. The zero-order chi connectivity index (χ0) is 24.4. The Morgan fingerprint density at radius 2 is 1.97 bits per heavy atom. The molecule has 180 valence electrons. The number of pyridine rings is 1. The number of nitrogens with two attached hydrogens (primary N) is 1. The van der Waals surface area contributed by atoms with Crippen LogP contribution in [-0.4, -0.2) is 55.1 Å². The maximum absolute atomic E-state index is 12.3. The summed E-state index contributed by atoms with van der Waals surface area (Å²) in [6, 6.07) is 9.70. The molecule has 0 bridgehead atoms. The third kappa shape index (κ3) is 4.87. The van der Waals surface area contributed by atoms with Gasteiger partial charge in [-0.3, -0.25) is 14.7 Å². The molecule has 4 rings (SSSR count). The third-order valence-corrected chi connectivity index (χ3v) is 7.07. The fourth-order valence-corrected chi connectivity index (χ4v) is 4.72. The molecule has 3 N–H and O–H groups in total. The van der Waals surface area contributed by atoms with E-state index >= 15 is 0 Å². The van der Waals surface area contributed by atoms with Crippen LogP contribution >= 0.6 is 23.2 Å². The number of ether oxygens (including phenoxy) is 1. The molecule has 9 heteroatoms. The van der Waals surface area contributed by atoms with Gasteiger partial charge in [-0.05, 0) is 38.5 Å². The van der Waals surface area contributed by atoms with Gasteiger partial charge in [0.25, 0.3) is 5.91 Å². The highest BCUT2D eigenvalue weighted by Crippen LogP contribution is 2.40. The van der Waals surface area contributed by atoms with E-state index in [2.05, 4.69) is 33.9 Å². The Morgan fingerprint density at radius 1 is 1.18 bits per heavy atom. The highest BCUT2D eigenvalue weighted by Gasteiger charge is 2.22. The van der Waals surface area contributed by atoms with E-state index in [0.717, 1.165) is 49.4 Å². The fourth-order valence-electron chi connectivity index (χ4n) is 4.37. The molecule has 0 saturated carbocycles. The number of rotatable bonds is 6. The van der Waals surface area contributed by atoms with Gasteiger partial charge in [0.2, 0.25) is 0 Å². The standard InChI is InChI=1S/C25H29Cl2N5O2/c1-15(2)31-8-5-9-32(11-10-31)21-12-16-20(13-22(21)34-3)29-14-17(25(28)33)24(16)30-19-7-4-6-18(26)23(19)27/h4,6-7,12-15H,5,8-11H2,1-3H3,(H2,28,33)(H,29,30). The van der Waals surface area contributed by atoms with Gasteiger partial charge in [0.15, 0.2) is 0 Å². The number of hydrogen-bond donors (Lipinski definition) is 2. The van der Waals surface area contributed by atoms with E-state index < -0.39 is 5.91 Å². The molecule has 2 aromatic carbocycles. The summed E-state index contributed by atoms with van der Waals surface area (Å²) in [5.74, 6) is 0.145. The Hall–Kier alpha value is -2.74. The van der Waals surface area contributed by atoms with Crippen LogP contribution in [0.1, 0.15) is 30.6 Å². The molecular formula is C25H29Cl2N5O2. The van der Waals surface area contributed by atoms with Crippen LogP contribution in [0.4, 0.5) is 17.1 Å². The average Bonchev–Trinajstić information content (AvgIpc) is 3.07. The zero-order valence-corrected chi connectivity index (χ0v) is 21.1. The summed E-state index contributed by atoms with van der Waals surface area (Å²) in [7, 11) is 1.66. The predicted molar refractivity (Wildman–Crippen MR) is 140 cm³/mol. The molecule has 2 heterocycles. The summed E-state index contributed by atoms with van der Waals surface area (Å²) < 4.78 is 5.75. The minimum atomic E-state index is -0.588. The van der Waals surface area contributed by atoms with Gasteiger partial charge in [0.05, 0.1) is 45.3 Å². The molecule has 7 nitrogen and oxygen atoms in total. The molecule has 1 aliphatic rings. The van der Waals surface area contributed by atoms with E-state index in [1.165, 1.54) is 6.20 Å². The Morgan fingerprint density at radius 3 is 2.68 bits per heavy atom. The zero-order valence-electron chi connectivity index (χ0n) is 19.6. The number of halogens is 2. The quantitative estimate of drug-likeness (QED) is 0.475. The molecule has 34 heavy (non-hydrogen) atoms. The largest absolute Gasteiger partial charge is 0.495 e. The molecular weight excluding hydrogens is 473 g/mol. The van der Waals surface area contributed by atoms with E-state index in [1.54, 1.807) is 25.3 Å². The number of nitrogens with zero attached hydrogens (tertiary/aromatic N) is 3. The Kier molecular flexibility index (Phi) is 7.36. The molecule has 1 aliphatic heterocycles. The van der Waals surface area contributed by atoms with Crippen molar-refractivity contribution in [2.45, 2.75) is 26.3 Å². The molecule has 0 atom stereocenters. The first-order valence-corrected chi connectivity index (χ1v) is 12.1. The number of nitrogens with one attached hydrogen (secondary N) is 1. The normalized spacial score (nSPS) is 14.9. The lowest BCUT2D eigenvalue weighted by molar-refractivity contribution is 0.100. The maximum atomic E-state index is 12.3. The fraction of sp³-hybridized carbons (Fsp3) is 0.360. The second kappa shape index (κ2) is 10.3. The topological polar surface area (TPSA) is 83.7 Å². The Labute approximate surface area is 209 Å². The van der Waals surface area contributed by atoms with Crippen LogP contribution in [-0.2, 0) is 0 Å². The first-order chi connectivity index (χ1) is 16.3. The van der Waals surface area contributed by atoms with Gasteiger partial charge in [-0.15, -0.1) is 0 Å². The van der Waals surface area contributed by atoms with E-state index in [9.17, 15) is 4.79 Å². The number of fused-ring (bicyclic) bond motifs is 1. The number of anilines is 3. The van der Waals surface area contributed by atoms with Gasteiger partial charge in [0.1, 0.15) is 5.75 Å². The van der Waals surface area contributed by atoms with Crippen molar-refractivity contribution in [3.05, 3.63) is 52.1 Å². The first-order valence-electron chi connectivity index (χ1n) is 11.3. The Balaban J connectivity index is 1.84. The molecule has 0 unspecified atom stereocenters. The number of aromatic nitrogens is 1. The highest BCUT2D eigenvalue weighted by molar-refractivity contribution is 6.43. The lowest BCUT2D eigenvalue weighted by atomic mass is 10.1. The van der Waals surface area contributed by atoms with Crippen molar-refractivity contribution in [3.63, 3.8) is 0 Å². The molecule has 0 aliphatic carbocycles. The predicted octanol–water partition coefficient (Wildman–Crippen LogP) is 5.31. The molecule has 1 fully saturated rings. The van der Waals surface area contributed by atoms with Gasteiger partial charge in [-0.25, -0.2) is 0 Å². The van der Waals surface area contributed by atoms with E-state index in [4.69, 9.17) is 33.7 Å². The number of methoxy groups -OCH3 is 1. The minimum absolute atomic E-state index is 0.265. The lowest BCUT2D eigenvalue weighted by Gasteiger charge is -2.27. The lowest BCUT2D eigenvalue weighted by Crippen LogP contribution is -2.35. The smallest absolute Gasteiger partial charge is 0.252 e. The van der Waals surface area contributed by atoms with Crippen LogP contribution in [0.5, 0.6) is 5.75 Å². The van der Waals surface area contributed by atoms with Crippen LogP contribution in [0.2, 0.25) is 10.0 Å². The number of amides is 1. The van der Waals surface area contributed by atoms with Crippen molar-refractivity contribution in [3.8, 4) is 5.75 Å². The summed E-state index contributed by atoms with van der Waals surface area (Å²) in [5.41, 5.74) is 8.70. The molecule has 1 amide bonds. The monoisotopic (exact) mass is 501 g/mol. The van der Waals surface area contributed by atoms with Gasteiger partial charge in [0, 0.05) is 49.9 Å². The van der Waals surface area contributed by atoms with E-state index in [0.29, 0.717) is 33.0 Å². The van der Waals surface area contributed by atoms with Crippen LogP contribution < -0.4 is 20.7 Å². The molecule has 1 aromatic heterocycles. The number of benzene rings is 2. The molecule has 0 radical (unpaired) electrons. The van der Waals surface area contributed by atoms with Gasteiger partial charge in [-0.1, -0.05) is 29.3 Å². The van der Waals surface area contributed by atoms with Crippen molar-refractivity contribution in [2.75, 3.05) is 43.5 Å². The van der Waals surface area contributed by atoms with Gasteiger partial charge >= 0.3 is 0 Å². The van der Waals surface area contributed by atoms with E-state index in [1.807, 2.05) is 12.1 Å². The van der Waals surface area contributed by atoms with Crippen molar-refractivity contribution in [2.24, 2.45) is 5.73 Å². The van der Waals surface area contributed by atoms with Crippen LogP contribution in [0.25, 0.3) is 10.9 Å². The third-order valence-electron chi connectivity index (χ3n) is 6.25. The summed E-state index contributed by atoms with van der Waals surface area (Å²) in [4.78, 5) is 21.6. The highest BCUT2D eigenvalue weighted by atomic mass is 35.5. The summed E-state index contributed by atoms with van der Waals surface area (Å²) in [5, 5.41) is 4.80. The van der Waals surface area contributed by atoms with Crippen molar-refractivity contribution >= 4 is 57.1 Å².